The number of thioether (sulfide) groups is 1. The quantitative estimate of drug-likeness (QED) is 0.289. The number of anilines is 1. The average molecular weight is 485 g/mol. The van der Waals surface area contributed by atoms with Crippen LogP contribution in [0.25, 0.3) is 0 Å². The number of amides is 2. The molecule has 8 heteroatoms. The normalized spacial score (nSPS) is 16.2. The van der Waals surface area contributed by atoms with Gasteiger partial charge in [0.15, 0.2) is 0 Å². The van der Waals surface area contributed by atoms with Crippen molar-refractivity contribution in [2.24, 2.45) is 0 Å². The fourth-order valence-electron chi connectivity index (χ4n) is 3.80. The van der Waals surface area contributed by atoms with Gasteiger partial charge in [0, 0.05) is 23.0 Å². The summed E-state index contributed by atoms with van der Waals surface area (Å²) in [6, 6.07) is 13.6. The number of halogens is 1. The van der Waals surface area contributed by atoms with Gasteiger partial charge in [0.25, 0.3) is 11.8 Å². The molecule has 33 heavy (non-hydrogen) atoms. The minimum atomic E-state index is -0.413. The first kappa shape index (κ1) is 23.4. The monoisotopic (exact) mass is 484 g/mol. The SMILES string of the molecule is CCCCOC(=O)c1ccc(N2C(=O)C(Sc3ccc(Cl)cc3)=C(N3CCCC3)C2=O)cc1. The Bertz CT molecular complexity index is 1080. The van der Waals surface area contributed by atoms with E-state index >= 15 is 0 Å². The van der Waals surface area contributed by atoms with Crippen LogP contribution in [-0.4, -0.2) is 42.4 Å². The smallest absolute Gasteiger partial charge is 0.338 e. The molecular weight excluding hydrogens is 460 g/mol. The molecule has 2 aliphatic heterocycles. The molecule has 2 aromatic carbocycles. The van der Waals surface area contributed by atoms with E-state index in [1.807, 2.05) is 24.0 Å². The van der Waals surface area contributed by atoms with Crippen LogP contribution in [0.3, 0.4) is 0 Å². The van der Waals surface area contributed by atoms with E-state index in [2.05, 4.69) is 0 Å². The summed E-state index contributed by atoms with van der Waals surface area (Å²) in [5.41, 5.74) is 1.26. The second kappa shape index (κ2) is 10.4. The van der Waals surface area contributed by atoms with Gasteiger partial charge in [-0.25, -0.2) is 9.69 Å². The summed E-state index contributed by atoms with van der Waals surface area (Å²) in [6.07, 6.45) is 3.71. The molecule has 2 amide bonds. The molecule has 1 saturated heterocycles. The molecule has 0 bridgehead atoms. The molecule has 1 fully saturated rings. The first-order chi connectivity index (χ1) is 16.0. The van der Waals surface area contributed by atoms with Crippen LogP contribution in [0.15, 0.2) is 64.0 Å². The van der Waals surface area contributed by atoms with Crippen LogP contribution in [0, 0.1) is 0 Å². The van der Waals surface area contributed by atoms with E-state index in [9.17, 15) is 14.4 Å². The Labute approximate surface area is 202 Å². The van der Waals surface area contributed by atoms with Crippen molar-refractivity contribution in [3.05, 3.63) is 69.7 Å². The molecule has 172 valence electrons. The van der Waals surface area contributed by atoms with E-state index in [0.717, 1.165) is 43.7 Å². The lowest BCUT2D eigenvalue weighted by Crippen LogP contribution is -2.34. The second-order valence-corrected chi connectivity index (χ2v) is 9.43. The van der Waals surface area contributed by atoms with Crippen molar-refractivity contribution in [3.8, 4) is 0 Å². The van der Waals surface area contributed by atoms with Crippen LogP contribution in [0.5, 0.6) is 0 Å². The number of nitrogens with zero attached hydrogens (tertiary/aromatic N) is 2. The van der Waals surface area contributed by atoms with Crippen LogP contribution >= 0.6 is 23.4 Å². The third-order valence-corrected chi connectivity index (χ3v) is 6.90. The highest BCUT2D eigenvalue weighted by Gasteiger charge is 2.43. The predicted octanol–water partition coefficient (Wildman–Crippen LogP) is 5.27. The Balaban J connectivity index is 1.59. The minimum Gasteiger partial charge on any atom is -0.462 e. The fraction of sp³-hybridized carbons (Fsp3) is 0.320. The maximum absolute atomic E-state index is 13.4. The number of likely N-dealkylation sites (tertiary alicyclic amines) is 1. The largest absolute Gasteiger partial charge is 0.462 e. The molecule has 0 N–H and O–H groups in total. The molecule has 4 rings (SSSR count). The summed E-state index contributed by atoms with van der Waals surface area (Å²) >= 11 is 7.27. The molecule has 6 nitrogen and oxygen atoms in total. The summed E-state index contributed by atoms with van der Waals surface area (Å²) < 4.78 is 5.24. The van der Waals surface area contributed by atoms with Gasteiger partial charge in [-0.2, -0.15) is 0 Å². The molecule has 0 radical (unpaired) electrons. The molecule has 0 saturated carbocycles. The highest BCUT2D eigenvalue weighted by atomic mass is 35.5. The van der Waals surface area contributed by atoms with Crippen molar-refractivity contribution in [2.75, 3.05) is 24.6 Å². The molecule has 0 aliphatic carbocycles. The number of carbonyl (C=O) groups excluding carboxylic acids is 3. The first-order valence-electron chi connectivity index (χ1n) is 11.1. The maximum Gasteiger partial charge on any atom is 0.338 e. The summed E-state index contributed by atoms with van der Waals surface area (Å²) in [6.45, 7) is 3.88. The molecule has 2 aliphatic rings. The number of ether oxygens (including phenoxy) is 1. The van der Waals surface area contributed by atoms with E-state index in [0.29, 0.717) is 33.5 Å². The van der Waals surface area contributed by atoms with E-state index < -0.39 is 5.97 Å². The van der Waals surface area contributed by atoms with Crippen molar-refractivity contribution >= 4 is 46.8 Å². The topological polar surface area (TPSA) is 66.9 Å². The lowest BCUT2D eigenvalue weighted by molar-refractivity contribution is -0.121. The standard InChI is InChI=1S/C25H25ClN2O4S/c1-2-3-16-32-25(31)17-6-10-19(11-7-17)28-23(29)21(27-14-4-5-15-27)22(24(28)30)33-20-12-8-18(26)9-13-20/h6-13H,2-5,14-16H2,1H3. The van der Waals surface area contributed by atoms with Gasteiger partial charge < -0.3 is 9.64 Å². The van der Waals surface area contributed by atoms with Gasteiger partial charge in [-0.15, -0.1) is 0 Å². The van der Waals surface area contributed by atoms with E-state index in [1.165, 1.54) is 16.7 Å². The Morgan fingerprint density at radius 1 is 1.00 bits per heavy atom. The molecule has 0 atom stereocenters. The van der Waals surface area contributed by atoms with E-state index in [-0.39, 0.29) is 11.8 Å². The van der Waals surface area contributed by atoms with Crippen LogP contribution < -0.4 is 4.90 Å². The zero-order chi connectivity index (χ0) is 23.4. The number of rotatable bonds is 8. The molecular formula is C25H25ClN2O4S. The van der Waals surface area contributed by atoms with E-state index in [4.69, 9.17) is 16.3 Å². The predicted molar refractivity (Wildman–Crippen MR) is 129 cm³/mol. The number of benzene rings is 2. The highest BCUT2D eigenvalue weighted by Crippen LogP contribution is 2.39. The lowest BCUT2D eigenvalue weighted by Gasteiger charge is -2.20. The van der Waals surface area contributed by atoms with Crippen LogP contribution in [0.1, 0.15) is 43.0 Å². The summed E-state index contributed by atoms with van der Waals surface area (Å²) in [4.78, 5) is 43.5. The van der Waals surface area contributed by atoms with Crippen molar-refractivity contribution in [1.29, 1.82) is 0 Å². The number of unbranched alkanes of at least 4 members (excludes halogenated alkanes) is 1. The van der Waals surface area contributed by atoms with Gasteiger partial charge in [0.05, 0.1) is 17.9 Å². The number of carbonyl (C=O) groups is 3. The van der Waals surface area contributed by atoms with Crippen molar-refractivity contribution in [1.82, 2.24) is 4.90 Å². The van der Waals surface area contributed by atoms with Gasteiger partial charge in [-0.1, -0.05) is 36.7 Å². The third-order valence-electron chi connectivity index (χ3n) is 5.57. The van der Waals surface area contributed by atoms with Crippen LogP contribution in [0.2, 0.25) is 5.02 Å². The minimum absolute atomic E-state index is 0.336. The fourth-order valence-corrected chi connectivity index (χ4v) is 4.93. The second-order valence-electron chi connectivity index (χ2n) is 7.91. The average Bonchev–Trinajstić information content (AvgIpc) is 3.42. The van der Waals surface area contributed by atoms with Crippen LogP contribution in [0.4, 0.5) is 5.69 Å². The van der Waals surface area contributed by atoms with Crippen molar-refractivity contribution in [2.45, 2.75) is 37.5 Å². The Hall–Kier alpha value is -2.77. The van der Waals surface area contributed by atoms with E-state index in [1.54, 1.807) is 36.4 Å². The zero-order valence-corrected chi connectivity index (χ0v) is 20.0. The Morgan fingerprint density at radius 2 is 1.67 bits per heavy atom. The number of imide groups is 1. The Morgan fingerprint density at radius 3 is 2.30 bits per heavy atom. The van der Waals surface area contributed by atoms with Gasteiger partial charge in [-0.3, -0.25) is 9.59 Å². The number of esters is 1. The molecule has 0 aromatic heterocycles. The molecule has 0 unspecified atom stereocenters. The van der Waals surface area contributed by atoms with Crippen LogP contribution in [-0.2, 0) is 14.3 Å². The number of hydrogen-bond donors (Lipinski definition) is 0. The zero-order valence-electron chi connectivity index (χ0n) is 18.4. The Kier molecular flexibility index (Phi) is 7.40. The summed E-state index contributed by atoms with van der Waals surface area (Å²) in [7, 11) is 0. The molecule has 2 heterocycles. The lowest BCUT2D eigenvalue weighted by atomic mass is 10.2. The maximum atomic E-state index is 13.4. The third kappa shape index (κ3) is 5.09. The first-order valence-corrected chi connectivity index (χ1v) is 12.3. The summed E-state index contributed by atoms with van der Waals surface area (Å²) in [5, 5.41) is 0.608. The molecule has 2 aromatic rings. The van der Waals surface area contributed by atoms with Gasteiger partial charge in [-0.05, 0) is 67.8 Å². The molecule has 0 spiro atoms. The van der Waals surface area contributed by atoms with Crippen molar-refractivity contribution in [3.63, 3.8) is 0 Å². The highest BCUT2D eigenvalue weighted by molar-refractivity contribution is 8.04. The van der Waals surface area contributed by atoms with Gasteiger partial charge in [0.2, 0.25) is 0 Å². The number of hydrogen-bond acceptors (Lipinski definition) is 6. The van der Waals surface area contributed by atoms with Crippen molar-refractivity contribution < 1.29 is 19.1 Å². The van der Waals surface area contributed by atoms with Gasteiger partial charge >= 0.3 is 5.97 Å². The summed E-state index contributed by atoms with van der Waals surface area (Å²) in [5.74, 6) is -1.11. The van der Waals surface area contributed by atoms with Gasteiger partial charge in [0.1, 0.15) is 10.6 Å².